The lowest BCUT2D eigenvalue weighted by molar-refractivity contribution is -0.123. The van der Waals surface area contributed by atoms with E-state index in [1.54, 1.807) is 12.1 Å². The quantitative estimate of drug-likeness (QED) is 0.604. The number of carbonyl (C=O) groups is 1. The third-order valence-corrected chi connectivity index (χ3v) is 6.51. The summed E-state index contributed by atoms with van der Waals surface area (Å²) in [4.78, 5) is 14.3. The van der Waals surface area contributed by atoms with Crippen molar-refractivity contribution in [1.82, 2.24) is 4.90 Å². The van der Waals surface area contributed by atoms with Crippen molar-refractivity contribution in [3.8, 4) is 0 Å². The van der Waals surface area contributed by atoms with Gasteiger partial charge < -0.3 is 4.42 Å². The van der Waals surface area contributed by atoms with Crippen LogP contribution in [0.4, 0.5) is 0 Å². The zero-order valence-corrected chi connectivity index (χ0v) is 13.7. The van der Waals surface area contributed by atoms with Crippen LogP contribution in [0.5, 0.6) is 0 Å². The van der Waals surface area contributed by atoms with E-state index >= 15 is 0 Å². The van der Waals surface area contributed by atoms with Gasteiger partial charge in [-0.15, -0.1) is 0 Å². The fourth-order valence-electron chi connectivity index (χ4n) is 2.43. The third-order valence-electron chi connectivity index (χ3n) is 3.43. The molecule has 0 spiro atoms. The van der Waals surface area contributed by atoms with Gasteiger partial charge in [-0.25, -0.2) is 8.42 Å². The molecule has 1 atom stereocenters. The zero-order chi connectivity index (χ0) is 15.2. The molecule has 2 aliphatic heterocycles. The third kappa shape index (κ3) is 2.93. The predicted octanol–water partition coefficient (Wildman–Crippen LogP) is 1.98. The van der Waals surface area contributed by atoms with E-state index in [0.717, 1.165) is 5.76 Å². The summed E-state index contributed by atoms with van der Waals surface area (Å²) in [5.74, 6) is 1.23. The summed E-state index contributed by atoms with van der Waals surface area (Å²) in [5.41, 5.74) is 0. The second kappa shape index (κ2) is 5.26. The molecule has 3 heterocycles. The molecule has 2 aliphatic rings. The Labute approximate surface area is 132 Å². The lowest BCUT2D eigenvalue weighted by Crippen LogP contribution is -2.39. The molecule has 3 rings (SSSR count). The van der Waals surface area contributed by atoms with E-state index in [0.29, 0.717) is 21.4 Å². The highest BCUT2D eigenvalue weighted by molar-refractivity contribution is 8.26. The summed E-state index contributed by atoms with van der Waals surface area (Å²) < 4.78 is 29.0. The van der Waals surface area contributed by atoms with E-state index in [1.807, 2.05) is 13.0 Å². The van der Waals surface area contributed by atoms with Crippen LogP contribution in [-0.4, -0.2) is 41.1 Å². The second-order valence-corrected chi connectivity index (χ2v) is 8.96. The molecule has 0 bridgehead atoms. The van der Waals surface area contributed by atoms with Crippen molar-refractivity contribution in [3.05, 3.63) is 28.6 Å². The van der Waals surface area contributed by atoms with Gasteiger partial charge in [0.2, 0.25) is 0 Å². The first-order valence-electron chi connectivity index (χ1n) is 6.40. The largest absolute Gasteiger partial charge is 0.462 e. The number of rotatable bonds is 2. The first kappa shape index (κ1) is 14.8. The fraction of sp³-hybridized carbons (Fsp3) is 0.385. The van der Waals surface area contributed by atoms with Crippen LogP contribution in [-0.2, 0) is 14.6 Å². The minimum absolute atomic E-state index is 0.00736. The molecule has 0 unspecified atom stereocenters. The van der Waals surface area contributed by atoms with Crippen LogP contribution in [0, 0.1) is 6.92 Å². The van der Waals surface area contributed by atoms with Gasteiger partial charge in [0.25, 0.3) is 5.91 Å². The van der Waals surface area contributed by atoms with Crippen LogP contribution in [0.2, 0.25) is 0 Å². The maximum atomic E-state index is 12.4. The van der Waals surface area contributed by atoms with Crippen molar-refractivity contribution in [3.63, 3.8) is 0 Å². The molecule has 0 radical (unpaired) electrons. The SMILES string of the molecule is Cc1ccc(/C=C2\SC(=S)N([C@@H]3CCS(=O)(=O)C3)C2=O)o1. The van der Waals surface area contributed by atoms with Crippen LogP contribution < -0.4 is 0 Å². The highest BCUT2D eigenvalue weighted by atomic mass is 32.2. The fourth-order valence-corrected chi connectivity index (χ4v) is 5.51. The Balaban J connectivity index is 1.84. The number of thiocarbonyl (C=S) groups is 1. The molecule has 1 amide bonds. The summed E-state index contributed by atoms with van der Waals surface area (Å²) in [6.07, 6.45) is 2.09. The number of sulfone groups is 1. The van der Waals surface area contributed by atoms with E-state index in [2.05, 4.69) is 0 Å². The normalized spacial score (nSPS) is 27.0. The van der Waals surface area contributed by atoms with Crippen molar-refractivity contribution in [2.75, 3.05) is 11.5 Å². The van der Waals surface area contributed by atoms with Gasteiger partial charge in [0, 0.05) is 6.08 Å². The summed E-state index contributed by atoms with van der Waals surface area (Å²) >= 11 is 6.42. The van der Waals surface area contributed by atoms with E-state index in [9.17, 15) is 13.2 Å². The van der Waals surface area contributed by atoms with Gasteiger partial charge in [-0.05, 0) is 25.5 Å². The average Bonchev–Trinajstić information content (AvgIpc) is 3.01. The topological polar surface area (TPSA) is 67.6 Å². The number of carbonyl (C=O) groups excluding carboxylic acids is 1. The Hall–Kier alpha value is -1.12. The van der Waals surface area contributed by atoms with Crippen LogP contribution >= 0.6 is 24.0 Å². The van der Waals surface area contributed by atoms with Crippen LogP contribution in [0.3, 0.4) is 0 Å². The van der Waals surface area contributed by atoms with Crippen molar-refractivity contribution >= 4 is 50.1 Å². The molecule has 0 aromatic carbocycles. The number of hydrogen-bond acceptors (Lipinski definition) is 6. The molecule has 21 heavy (non-hydrogen) atoms. The van der Waals surface area contributed by atoms with Crippen LogP contribution in [0.25, 0.3) is 6.08 Å². The number of hydrogen-bond donors (Lipinski definition) is 0. The highest BCUT2D eigenvalue weighted by Gasteiger charge is 2.42. The average molecular weight is 343 g/mol. The molecule has 112 valence electrons. The second-order valence-electron chi connectivity index (χ2n) is 5.06. The zero-order valence-electron chi connectivity index (χ0n) is 11.2. The van der Waals surface area contributed by atoms with Crippen molar-refractivity contribution < 1.29 is 17.6 Å². The number of furan rings is 1. The Morgan fingerprint density at radius 2 is 2.24 bits per heavy atom. The molecular formula is C13H13NO4S3. The Bertz CT molecular complexity index is 747. The summed E-state index contributed by atoms with van der Waals surface area (Å²) in [6, 6.07) is 3.25. The van der Waals surface area contributed by atoms with Gasteiger partial charge >= 0.3 is 0 Å². The number of thioether (sulfide) groups is 1. The molecule has 8 heteroatoms. The Morgan fingerprint density at radius 1 is 1.48 bits per heavy atom. The summed E-state index contributed by atoms with van der Waals surface area (Å²) in [5, 5.41) is 0. The van der Waals surface area contributed by atoms with E-state index in [-0.39, 0.29) is 23.5 Å². The van der Waals surface area contributed by atoms with E-state index in [4.69, 9.17) is 16.6 Å². The number of aryl methyl sites for hydroxylation is 1. The standard InChI is InChI=1S/C13H13NO4S3/c1-8-2-3-10(18-8)6-11-12(15)14(13(19)20-11)9-4-5-21(16,17)7-9/h2-3,6,9H,4-5,7H2,1H3/b11-6-/t9-/m1/s1. The molecule has 1 aromatic heterocycles. The van der Waals surface area contributed by atoms with Gasteiger partial charge in [-0.1, -0.05) is 24.0 Å². The van der Waals surface area contributed by atoms with E-state index < -0.39 is 9.84 Å². The monoisotopic (exact) mass is 343 g/mol. The van der Waals surface area contributed by atoms with Gasteiger partial charge in [-0.3, -0.25) is 9.69 Å². The molecule has 1 aromatic rings. The first-order chi connectivity index (χ1) is 9.85. The van der Waals surface area contributed by atoms with E-state index in [1.165, 1.54) is 16.7 Å². The minimum atomic E-state index is -3.05. The van der Waals surface area contributed by atoms with Gasteiger partial charge in [-0.2, -0.15) is 0 Å². The maximum Gasteiger partial charge on any atom is 0.266 e. The smallest absolute Gasteiger partial charge is 0.266 e. The predicted molar refractivity (Wildman–Crippen MR) is 85.5 cm³/mol. The lowest BCUT2D eigenvalue weighted by Gasteiger charge is -2.20. The van der Waals surface area contributed by atoms with Gasteiger partial charge in [0.1, 0.15) is 15.8 Å². The van der Waals surface area contributed by atoms with Crippen molar-refractivity contribution in [2.45, 2.75) is 19.4 Å². The first-order valence-corrected chi connectivity index (χ1v) is 9.44. The van der Waals surface area contributed by atoms with Crippen molar-refractivity contribution in [1.29, 1.82) is 0 Å². The molecule has 2 saturated heterocycles. The van der Waals surface area contributed by atoms with Gasteiger partial charge in [0.05, 0.1) is 22.5 Å². The van der Waals surface area contributed by atoms with Crippen molar-refractivity contribution in [2.24, 2.45) is 0 Å². The molecule has 0 saturated carbocycles. The summed E-state index contributed by atoms with van der Waals surface area (Å²) in [6.45, 7) is 1.83. The Kier molecular flexibility index (Phi) is 3.71. The highest BCUT2D eigenvalue weighted by Crippen LogP contribution is 2.36. The van der Waals surface area contributed by atoms with Gasteiger partial charge in [0.15, 0.2) is 9.84 Å². The molecule has 0 aliphatic carbocycles. The van der Waals surface area contributed by atoms with Crippen LogP contribution in [0.15, 0.2) is 21.5 Å². The molecular weight excluding hydrogens is 330 g/mol. The number of amides is 1. The Morgan fingerprint density at radius 3 is 2.81 bits per heavy atom. The lowest BCUT2D eigenvalue weighted by atomic mass is 10.2. The number of nitrogens with zero attached hydrogens (tertiary/aromatic N) is 1. The molecule has 2 fully saturated rings. The molecule has 0 N–H and O–H groups in total. The molecule has 5 nitrogen and oxygen atoms in total. The minimum Gasteiger partial charge on any atom is -0.462 e. The summed E-state index contributed by atoms with van der Waals surface area (Å²) in [7, 11) is -3.05. The van der Waals surface area contributed by atoms with Crippen LogP contribution in [0.1, 0.15) is 17.9 Å². The maximum absolute atomic E-state index is 12.4.